The van der Waals surface area contributed by atoms with Crippen LogP contribution in [0.1, 0.15) is 29.4 Å². The summed E-state index contributed by atoms with van der Waals surface area (Å²) < 4.78 is 65.3. The summed E-state index contributed by atoms with van der Waals surface area (Å²) in [5.74, 6) is 0.351. The van der Waals surface area contributed by atoms with E-state index in [1.807, 2.05) is 23.1 Å². The van der Waals surface area contributed by atoms with Gasteiger partial charge in [-0.1, -0.05) is 6.92 Å². The molecule has 0 radical (unpaired) electrons. The van der Waals surface area contributed by atoms with Crippen molar-refractivity contribution in [2.45, 2.75) is 30.3 Å². The first kappa shape index (κ1) is 28.2. The molecule has 0 spiro atoms. The lowest BCUT2D eigenvalue weighted by atomic mass is 10.0. The monoisotopic (exact) mass is 622 g/mol. The molecule has 14 heteroatoms. The van der Waals surface area contributed by atoms with E-state index in [9.17, 15) is 22.0 Å². The number of anilines is 3. The Morgan fingerprint density at radius 2 is 1.91 bits per heavy atom. The summed E-state index contributed by atoms with van der Waals surface area (Å²) in [6, 6.07) is 9.31. The van der Waals surface area contributed by atoms with Gasteiger partial charge in [-0.3, -0.25) is 9.78 Å². The number of amides is 1. The van der Waals surface area contributed by atoms with Crippen molar-refractivity contribution < 1.29 is 31.5 Å². The Labute approximate surface area is 251 Å². The second kappa shape index (κ2) is 10.8. The molecule has 1 saturated heterocycles. The number of nitrogens with one attached hydrogen (secondary N) is 1. The van der Waals surface area contributed by atoms with Gasteiger partial charge in [0, 0.05) is 42.9 Å². The smallest absolute Gasteiger partial charge is 0.251 e. The summed E-state index contributed by atoms with van der Waals surface area (Å²) in [4.78, 5) is 30.4. The average Bonchev–Trinajstić information content (AvgIpc) is 3.12. The SMILES string of the molecule is CC1CN(c2ccnc3c2OCCN3c2ccc3cnc(CNC(=O)c4cc(F)c5c(c4)S(=O)(=O)[C@@H](F)CCO5)cc3n2)C1. The van der Waals surface area contributed by atoms with Gasteiger partial charge in [-0.15, -0.1) is 0 Å². The van der Waals surface area contributed by atoms with Crippen LogP contribution in [0.15, 0.2) is 53.7 Å². The number of benzene rings is 1. The van der Waals surface area contributed by atoms with E-state index in [1.54, 1.807) is 18.5 Å². The largest absolute Gasteiger partial charge is 0.489 e. The molecule has 1 N–H and O–H groups in total. The Morgan fingerprint density at radius 3 is 2.73 bits per heavy atom. The van der Waals surface area contributed by atoms with Crippen molar-refractivity contribution in [1.29, 1.82) is 0 Å². The van der Waals surface area contributed by atoms with Crippen molar-refractivity contribution in [2.75, 3.05) is 42.6 Å². The molecule has 1 fully saturated rings. The number of nitrogens with zero attached hydrogens (tertiary/aromatic N) is 5. The topological polar surface area (TPSA) is 127 Å². The average molecular weight is 623 g/mol. The van der Waals surface area contributed by atoms with E-state index in [-0.39, 0.29) is 18.7 Å². The summed E-state index contributed by atoms with van der Waals surface area (Å²) in [6.07, 6.45) is 2.98. The van der Waals surface area contributed by atoms with Gasteiger partial charge in [0.25, 0.3) is 5.91 Å². The molecule has 11 nitrogen and oxygen atoms in total. The van der Waals surface area contributed by atoms with E-state index in [0.717, 1.165) is 42.0 Å². The van der Waals surface area contributed by atoms with Gasteiger partial charge in [0.05, 0.1) is 36.6 Å². The highest BCUT2D eigenvalue weighted by atomic mass is 32.2. The summed E-state index contributed by atoms with van der Waals surface area (Å²) in [7, 11) is -4.52. The molecule has 4 aromatic rings. The maximum atomic E-state index is 14.7. The highest BCUT2D eigenvalue weighted by Gasteiger charge is 2.36. The van der Waals surface area contributed by atoms with Crippen LogP contribution in [0.5, 0.6) is 11.5 Å². The molecule has 1 amide bonds. The maximum Gasteiger partial charge on any atom is 0.251 e. The zero-order valence-electron chi connectivity index (χ0n) is 23.7. The van der Waals surface area contributed by atoms with E-state index < -0.39 is 44.1 Å². The first-order valence-electron chi connectivity index (χ1n) is 14.2. The number of fused-ring (bicyclic) bond motifs is 3. The summed E-state index contributed by atoms with van der Waals surface area (Å²) in [5.41, 5.74) is -0.413. The number of halogens is 2. The number of carbonyl (C=O) groups is 1. The molecule has 0 saturated carbocycles. The summed E-state index contributed by atoms with van der Waals surface area (Å²) in [5, 5.41) is 3.41. The zero-order valence-corrected chi connectivity index (χ0v) is 24.5. The molecule has 0 unspecified atom stereocenters. The van der Waals surface area contributed by atoms with Crippen molar-refractivity contribution in [1.82, 2.24) is 20.3 Å². The van der Waals surface area contributed by atoms with Gasteiger partial charge >= 0.3 is 0 Å². The van der Waals surface area contributed by atoms with Crippen LogP contribution in [0.3, 0.4) is 0 Å². The lowest BCUT2D eigenvalue weighted by Crippen LogP contribution is -2.45. The molecular formula is C30H28F2N6O5S. The van der Waals surface area contributed by atoms with Crippen LogP contribution in [0, 0.1) is 11.7 Å². The molecule has 3 aliphatic heterocycles. The fraction of sp³-hybridized carbons (Fsp3) is 0.333. The van der Waals surface area contributed by atoms with E-state index in [4.69, 9.17) is 14.5 Å². The highest BCUT2D eigenvalue weighted by Crippen LogP contribution is 2.43. The van der Waals surface area contributed by atoms with Crippen molar-refractivity contribution in [2.24, 2.45) is 5.92 Å². The molecule has 0 bridgehead atoms. The van der Waals surface area contributed by atoms with Gasteiger partial charge in [0.1, 0.15) is 17.3 Å². The number of alkyl halides is 1. The van der Waals surface area contributed by atoms with Crippen LogP contribution in [0.2, 0.25) is 0 Å². The van der Waals surface area contributed by atoms with Crippen LogP contribution in [0.4, 0.5) is 26.1 Å². The number of rotatable bonds is 5. The Hall–Kier alpha value is -4.59. The molecule has 7 rings (SSSR count). The number of hydrogen-bond donors (Lipinski definition) is 1. The normalized spacial score (nSPS) is 19.2. The number of carbonyl (C=O) groups excluding carboxylic acids is 1. The summed E-state index contributed by atoms with van der Waals surface area (Å²) in [6.45, 7) is 4.84. The first-order valence-corrected chi connectivity index (χ1v) is 15.8. The Balaban J connectivity index is 1.12. The molecule has 1 aromatic carbocycles. The van der Waals surface area contributed by atoms with Crippen molar-refractivity contribution in [3.8, 4) is 11.5 Å². The van der Waals surface area contributed by atoms with Crippen LogP contribution in [-0.2, 0) is 16.4 Å². The predicted octanol–water partition coefficient (Wildman–Crippen LogP) is 3.93. The van der Waals surface area contributed by atoms with E-state index in [1.165, 1.54) is 0 Å². The minimum atomic E-state index is -4.52. The zero-order chi connectivity index (χ0) is 30.6. The molecule has 1 atom stereocenters. The first-order chi connectivity index (χ1) is 21.2. The quantitative estimate of drug-likeness (QED) is 0.350. The summed E-state index contributed by atoms with van der Waals surface area (Å²) >= 11 is 0. The number of sulfone groups is 1. The van der Waals surface area contributed by atoms with E-state index in [2.05, 4.69) is 27.1 Å². The molecule has 6 heterocycles. The van der Waals surface area contributed by atoms with Crippen LogP contribution < -0.4 is 24.6 Å². The number of ether oxygens (including phenoxy) is 2. The molecule has 44 heavy (non-hydrogen) atoms. The number of aromatic nitrogens is 3. The van der Waals surface area contributed by atoms with Gasteiger partial charge in [-0.05, 0) is 42.3 Å². The molecule has 3 aliphatic rings. The molecule has 0 aliphatic carbocycles. The molecular weight excluding hydrogens is 594 g/mol. The van der Waals surface area contributed by atoms with Crippen LogP contribution >= 0.6 is 0 Å². The second-order valence-corrected chi connectivity index (χ2v) is 13.1. The fourth-order valence-corrected chi connectivity index (χ4v) is 7.02. The van der Waals surface area contributed by atoms with E-state index in [0.29, 0.717) is 41.9 Å². The minimum absolute atomic E-state index is 0.0477. The van der Waals surface area contributed by atoms with Crippen molar-refractivity contribution >= 4 is 44.0 Å². The Bertz CT molecular complexity index is 1900. The fourth-order valence-electron chi connectivity index (χ4n) is 5.64. The second-order valence-electron chi connectivity index (χ2n) is 11.1. The van der Waals surface area contributed by atoms with Crippen LogP contribution in [0.25, 0.3) is 10.9 Å². The third-order valence-electron chi connectivity index (χ3n) is 7.92. The Morgan fingerprint density at radius 1 is 1.09 bits per heavy atom. The highest BCUT2D eigenvalue weighted by molar-refractivity contribution is 7.92. The van der Waals surface area contributed by atoms with Gasteiger partial charge in [0.15, 0.2) is 23.1 Å². The minimum Gasteiger partial charge on any atom is -0.489 e. The third-order valence-corrected chi connectivity index (χ3v) is 9.74. The van der Waals surface area contributed by atoms with Crippen molar-refractivity contribution in [3.63, 3.8) is 0 Å². The van der Waals surface area contributed by atoms with E-state index >= 15 is 0 Å². The van der Waals surface area contributed by atoms with Crippen molar-refractivity contribution in [3.05, 3.63) is 65.9 Å². The number of pyridine rings is 3. The van der Waals surface area contributed by atoms with Gasteiger partial charge in [-0.25, -0.2) is 27.2 Å². The van der Waals surface area contributed by atoms with Gasteiger partial charge in [0.2, 0.25) is 15.3 Å². The van der Waals surface area contributed by atoms with Gasteiger partial charge in [-0.2, -0.15) is 0 Å². The maximum absolute atomic E-state index is 14.7. The lowest BCUT2D eigenvalue weighted by molar-refractivity contribution is 0.0949. The molecule has 228 valence electrons. The number of hydrogen-bond acceptors (Lipinski definition) is 10. The van der Waals surface area contributed by atoms with Gasteiger partial charge < -0.3 is 24.6 Å². The Kier molecular flexibility index (Phi) is 6.95. The standard InChI is InChI=1S/C30H28F2N6O5S/c1-17-15-37(16-17)23-4-6-33-29-28(23)43-9-7-38(29)26-3-2-18-13-34-20(12-22(18)36-26)14-35-30(39)19-10-21(31)27-24(11-19)44(40,41)25(32)5-8-42-27/h2-4,6,10-13,17,25H,5,7-9,14-16H2,1H3,(H,35,39)/t25-/m1/s1. The predicted molar refractivity (Wildman–Crippen MR) is 157 cm³/mol. The lowest BCUT2D eigenvalue weighted by Gasteiger charge is -2.41. The van der Waals surface area contributed by atoms with Crippen LogP contribution in [-0.4, -0.2) is 67.6 Å². The molecule has 3 aromatic heterocycles. The third kappa shape index (κ3) is 4.92.